The molecule has 3 heterocycles. The van der Waals surface area contributed by atoms with Gasteiger partial charge in [0.05, 0.1) is 53.6 Å². The quantitative estimate of drug-likeness (QED) is 0.481. The van der Waals surface area contributed by atoms with Crippen LogP contribution in [0.5, 0.6) is 0 Å². The zero-order valence-electron chi connectivity index (χ0n) is 16.7. The third-order valence-corrected chi connectivity index (χ3v) is 5.43. The second-order valence-electron chi connectivity index (χ2n) is 7.49. The molecule has 9 nitrogen and oxygen atoms in total. The number of rotatable bonds is 7. The van der Waals surface area contributed by atoms with Gasteiger partial charge in [-0.1, -0.05) is 6.58 Å². The molecule has 0 saturated heterocycles. The summed E-state index contributed by atoms with van der Waals surface area (Å²) in [5.41, 5.74) is 3.67. The molecule has 0 unspecified atom stereocenters. The van der Waals surface area contributed by atoms with Crippen LogP contribution in [0, 0.1) is 35.5 Å². The van der Waals surface area contributed by atoms with Gasteiger partial charge in [0, 0.05) is 24.5 Å². The van der Waals surface area contributed by atoms with Gasteiger partial charge in [-0.25, -0.2) is 9.50 Å². The molecule has 0 atom stereocenters. The van der Waals surface area contributed by atoms with E-state index >= 15 is 0 Å². The smallest absolute Gasteiger partial charge is 0.112 e. The lowest BCUT2D eigenvalue weighted by atomic mass is 9.67. The van der Waals surface area contributed by atoms with Crippen LogP contribution >= 0.6 is 0 Å². The first-order valence-corrected chi connectivity index (χ1v) is 9.65. The van der Waals surface area contributed by atoms with Gasteiger partial charge in [0.1, 0.15) is 11.4 Å². The summed E-state index contributed by atoms with van der Waals surface area (Å²) in [5, 5.41) is 36.2. The van der Waals surface area contributed by atoms with E-state index < -0.39 is 5.54 Å². The summed E-state index contributed by atoms with van der Waals surface area (Å²) in [6, 6.07) is 8.32. The fourth-order valence-electron chi connectivity index (χ4n) is 3.90. The number of nitrogens with zero attached hydrogens (tertiary/aromatic N) is 8. The lowest BCUT2D eigenvalue weighted by Gasteiger charge is -2.48. The van der Waals surface area contributed by atoms with E-state index in [1.54, 1.807) is 28.1 Å². The molecule has 9 heteroatoms. The van der Waals surface area contributed by atoms with Gasteiger partial charge in [-0.2, -0.15) is 25.8 Å². The number of H-pyrrole nitrogens is 1. The van der Waals surface area contributed by atoms with Crippen LogP contribution < -0.4 is 0 Å². The topological polar surface area (TPSA) is 122 Å². The van der Waals surface area contributed by atoms with Gasteiger partial charge in [0.25, 0.3) is 0 Å². The van der Waals surface area contributed by atoms with Crippen molar-refractivity contribution in [1.29, 1.82) is 10.5 Å². The molecule has 0 bridgehead atoms. The van der Waals surface area contributed by atoms with Crippen molar-refractivity contribution in [2.24, 2.45) is 11.0 Å². The van der Waals surface area contributed by atoms with Crippen molar-refractivity contribution in [3.63, 3.8) is 0 Å². The summed E-state index contributed by atoms with van der Waals surface area (Å²) in [7, 11) is 0. The summed E-state index contributed by atoms with van der Waals surface area (Å²) >= 11 is 0. The number of aromatic amines is 1. The summed E-state index contributed by atoms with van der Waals surface area (Å²) in [5.74, 6) is -0.0435. The van der Waals surface area contributed by atoms with E-state index in [1.807, 2.05) is 25.3 Å². The van der Waals surface area contributed by atoms with Crippen molar-refractivity contribution in [2.45, 2.75) is 38.1 Å². The van der Waals surface area contributed by atoms with Crippen molar-refractivity contribution < 1.29 is 0 Å². The van der Waals surface area contributed by atoms with Crippen LogP contribution in [0.25, 0.3) is 16.9 Å². The van der Waals surface area contributed by atoms with Gasteiger partial charge in [-0.15, -0.1) is 0 Å². The molecule has 1 saturated carbocycles. The lowest BCUT2D eigenvalue weighted by Crippen LogP contribution is -2.53. The molecule has 0 amide bonds. The number of hydrogen-bond donors (Lipinski definition) is 1. The summed E-state index contributed by atoms with van der Waals surface area (Å²) in [6.45, 7) is 5.78. The van der Waals surface area contributed by atoms with E-state index in [2.05, 4.69) is 39.1 Å². The molecular formula is C21H21N9. The Bertz CT molecular complexity index is 1180. The van der Waals surface area contributed by atoms with E-state index in [0.717, 1.165) is 28.3 Å². The third kappa shape index (κ3) is 3.42. The van der Waals surface area contributed by atoms with Gasteiger partial charge >= 0.3 is 0 Å². The van der Waals surface area contributed by atoms with Crippen LogP contribution in [0.1, 0.15) is 30.7 Å². The largest absolute Gasteiger partial charge is 0.282 e. The van der Waals surface area contributed by atoms with Crippen LogP contribution in [0.15, 0.2) is 42.4 Å². The summed E-state index contributed by atoms with van der Waals surface area (Å²) < 4.78 is 1.78. The van der Waals surface area contributed by atoms with Crippen molar-refractivity contribution in [3.05, 3.63) is 48.7 Å². The van der Waals surface area contributed by atoms with Crippen LogP contribution in [0.3, 0.4) is 0 Å². The Morgan fingerprint density at radius 2 is 2.27 bits per heavy atom. The Morgan fingerprint density at radius 1 is 1.43 bits per heavy atom. The Hall–Kier alpha value is -3.98. The molecular weight excluding hydrogens is 378 g/mol. The van der Waals surface area contributed by atoms with Crippen molar-refractivity contribution in [3.8, 4) is 23.5 Å². The van der Waals surface area contributed by atoms with Crippen LogP contribution in [0.4, 0.5) is 0 Å². The maximum Gasteiger partial charge on any atom is 0.112 e. The zero-order valence-corrected chi connectivity index (χ0v) is 16.7. The van der Waals surface area contributed by atoms with E-state index in [4.69, 9.17) is 10.2 Å². The highest BCUT2D eigenvalue weighted by Crippen LogP contribution is 2.45. The van der Waals surface area contributed by atoms with Crippen LogP contribution in [0.2, 0.25) is 0 Å². The van der Waals surface area contributed by atoms with Crippen molar-refractivity contribution >= 4 is 11.7 Å². The van der Waals surface area contributed by atoms with Crippen LogP contribution in [-0.2, 0) is 6.42 Å². The maximum absolute atomic E-state index is 9.23. The number of aryl methyl sites for hydroxylation is 1. The van der Waals surface area contributed by atoms with E-state index in [1.165, 1.54) is 0 Å². The number of aromatic nitrogens is 5. The van der Waals surface area contributed by atoms with Gasteiger partial charge < -0.3 is 0 Å². The Balaban J connectivity index is 1.59. The highest BCUT2D eigenvalue weighted by Gasteiger charge is 2.48. The number of nitrogens with one attached hydrogen (secondary N) is 1. The zero-order chi connectivity index (χ0) is 21.1. The predicted molar refractivity (Wildman–Crippen MR) is 111 cm³/mol. The van der Waals surface area contributed by atoms with Crippen molar-refractivity contribution in [1.82, 2.24) is 29.8 Å². The molecule has 4 rings (SSSR count). The molecule has 1 aliphatic rings. The minimum absolute atomic E-state index is 0.0435. The molecule has 3 aromatic heterocycles. The van der Waals surface area contributed by atoms with E-state index in [9.17, 15) is 5.26 Å². The van der Waals surface area contributed by atoms with Gasteiger partial charge in [-0.3, -0.25) is 10.1 Å². The number of nitriles is 2. The first-order valence-electron chi connectivity index (χ1n) is 9.65. The Kier molecular flexibility index (Phi) is 5.03. The fraction of sp³-hybridized carbons (Fsp3) is 0.333. The highest BCUT2D eigenvalue weighted by molar-refractivity contribution is 5.68. The number of hydrazone groups is 1. The molecule has 0 aliphatic heterocycles. The Labute approximate surface area is 174 Å². The normalized spacial score (nSPS) is 20.6. The van der Waals surface area contributed by atoms with E-state index in [0.29, 0.717) is 25.7 Å². The summed E-state index contributed by atoms with van der Waals surface area (Å²) in [6.07, 6.45) is 8.95. The molecule has 1 fully saturated rings. The van der Waals surface area contributed by atoms with Gasteiger partial charge in [-0.05, 0) is 31.9 Å². The molecule has 0 radical (unpaired) electrons. The monoisotopic (exact) mass is 399 g/mol. The van der Waals surface area contributed by atoms with Gasteiger partial charge in [0.15, 0.2) is 0 Å². The molecule has 30 heavy (non-hydrogen) atoms. The highest BCUT2D eigenvalue weighted by atomic mass is 15.5. The van der Waals surface area contributed by atoms with Gasteiger partial charge in [0.2, 0.25) is 0 Å². The van der Waals surface area contributed by atoms with E-state index in [-0.39, 0.29) is 5.92 Å². The van der Waals surface area contributed by atoms with Crippen LogP contribution in [-0.4, -0.2) is 41.6 Å². The molecule has 1 aliphatic carbocycles. The minimum atomic E-state index is -0.457. The molecule has 3 aromatic rings. The number of fused-ring (bicyclic) bond motifs is 1. The average molecular weight is 399 g/mol. The van der Waals surface area contributed by atoms with Crippen molar-refractivity contribution in [2.75, 3.05) is 0 Å². The molecule has 1 N–H and O–H groups in total. The fourth-order valence-corrected chi connectivity index (χ4v) is 3.90. The average Bonchev–Trinajstić information content (AvgIpc) is 3.36. The minimum Gasteiger partial charge on any atom is -0.282 e. The Morgan fingerprint density at radius 3 is 2.93 bits per heavy atom. The molecule has 0 spiro atoms. The standard InChI is InChI=1S/C21H21N9/c1-3-30(21(6-7-22)11-16(12-21)13-23)25-8-4-17-20-5-9-24-29(20)14-19(26-17)18-10-15(2)27-28-18/h3,5,8-10,14,16H,1,4,6,11-12H2,2H3,(H,27,28)/b25-8-. The number of hydrogen-bond acceptors (Lipinski definition) is 7. The lowest BCUT2D eigenvalue weighted by molar-refractivity contribution is 0.0343. The SMILES string of the molecule is C=CN(/N=C\Cc1nc(-c2cc(C)[nH]n2)cn2nccc12)C1(CC#N)CC(C#N)C1. The maximum atomic E-state index is 9.23. The predicted octanol–water partition coefficient (Wildman–Crippen LogP) is 2.99. The summed E-state index contributed by atoms with van der Waals surface area (Å²) in [4.78, 5) is 4.76. The second-order valence-corrected chi connectivity index (χ2v) is 7.49. The first-order chi connectivity index (χ1) is 14.6. The second kappa shape index (κ2) is 7.80. The molecule has 0 aromatic carbocycles. The third-order valence-electron chi connectivity index (χ3n) is 5.43. The molecule has 150 valence electrons. The first kappa shape index (κ1) is 19.3.